The first-order chi connectivity index (χ1) is 9.26. The average Bonchev–Trinajstić information content (AvgIpc) is 2.81. The van der Waals surface area contributed by atoms with E-state index >= 15 is 0 Å². The number of nitrogens with zero attached hydrogens (tertiary/aromatic N) is 3. The summed E-state index contributed by atoms with van der Waals surface area (Å²) in [6.45, 7) is 0.556. The normalized spacial score (nSPS) is 10.5. The average molecular weight is 251 g/mol. The molecule has 0 fully saturated rings. The smallest absolute Gasteiger partial charge is 0.141 e. The minimum Gasteiger partial charge on any atom is -0.343 e. The number of fused-ring (bicyclic) bond motifs is 1. The summed E-state index contributed by atoms with van der Waals surface area (Å²) >= 11 is 0. The number of halogens is 1. The topological polar surface area (TPSA) is 41.6 Å². The van der Waals surface area contributed by atoms with Crippen molar-refractivity contribution in [3.8, 4) is 6.07 Å². The van der Waals surface area contributed by atoms with Crippen LogP contribution >= 0.6 is 0 Å². The summed E-state index contributed by atoms with van der Waals surface area (Å²) in [7, 11) is 0. The van der Waals surface area contributed by atoms with Crippen LogP contribution in [-0.2, 0) is 6.54 Å². The first-order valence-electron chi connectivity index (χ1n) is 5.85. The van der Waals surface area contributed by atoms with Gasteiger partial charge >= 0.3 is 0 Å². The predicted molar refractivity (Wildman–Crippen MR) is 70.0 cm³/mol. The summed E-state index contributed by atoms with van der Waals surface area (Å²) in [5.41, 5.74) is 2.46. The largest absolute Gasteiger partial charge is 0.343 e. The maximum atomic E-state index is 13.1. The lowest BCUT2D eigenvalue weighted by atomic mass is 10.2. The van der Waals surface area contributed by atoms with Crippen LogP contribution in [0.2, 0.25) is 0 Å². The van der Waals surface area contributed by atoms with Crippen LogP contribution in [0.3, 0.4) is 0 Å². The lowest BCUT2D eigenvalue weighted by Gasteiger charge is -2.05. The Morgan fingerprint density at radius 3 is 2.89 bits per heavy atom. The Morgan fingerprint density at radius 1 is 1.21 bits per heavy atom. The first kappa shape index (κ1) is 11.4. The fourth-order valence-corrected chi connectivity index (χ4v) is 2.15. The lowest BCUT2D eigenvalue weighted by Crippen LogP contribution is -1.99. The van der Waals surface area contributed by atoms with Crippen molar-refractivity contribution in [1.82, 2.24) is 9.55 Å². The Balaban J connectivity index is 2.00. The van der Waals surface area contributed by atoms with E-state index in [0.29, 0.717) is 12.1 Å². The van der Waals surface area contributed by atoms with Gasteiger partial charge in [-0.3, -0.25) is 4.98 Å². The van der Waals surface area contributed by atoms with Crippen LogP contribution in [0.15, 0.2) is 48.9 Å². The Kier molecular flexibility index (Phi) is 2.73. The van der Waals surface area contributed by atoms with Gasteiger partial charge in [-0.2, -0.15) is 5.26 Å². The van der Waals surface area contributed by atoms with Crippen LogP contribution in [0, 0.1) is 17.1 Å². The zero-order valence-corrected chi connectivity index (χ0v) is 10.0. The van der Waals surface area contributed by atoms with Crippen molar-refractivity contribution in [3.05, 3.63) is 65.9 Å². The third kappa shape index (κ3) is 2.18. The van der Waals surface area contributed by atoms with Gasteiger partial charge in [-0.25, -0.2) is 4.39 Å². The summed E-state index contributed by atoms with van der Waals surface area (Å²) in [5.74, 6) is -0.333. The van der Waals surface area contributed by atoms with E-state index in [1.54, 1.807) is 12.3 Å². The quantitative estimate of drug-likeness (QED) is 0.702. The maximum absolute atomic E-state index is 13.1. The third-order valence-corrected chi connectivity index (χ3v) is 3.01. The second-order valence-corrected chi connectivity index (χ2v) is 4.34. The number of rotatable bonds is 2. The molecule has 3 aromatic rings. The zero-order chi connectivity index (χ0) is 13.2. The van der Waals surface area contributed by atoms with Crippen molar-refractivity contribution in [2.75, 3.05) is 0 Å². The molecule has 0 aliphatic heterocycles. The molecule has 2 heterocycles. The highest BCUT2D eigenvalue weighted by Crippen LogP contribution is 2.18. The number of aromatic nitrogens is 2. The third-order valence-electron chi connectivity index (χ3n) is 3.01. The first-order valence-corrected chi connectivity index (χ1v) is 5.85. The van der Waals surface area contributed by atoms with Crippen molar-refractivity contribution in [2.24, 2.45) is 0 Å². The standard InChI is InChI=1S/C15H10FN3/c16-14-6-12(8-18-9-14)10-19-4-3-13-5-11(7-17)1-2-15(13)19/h1-6,8-9H,10H2. The molecule has 0 bridgehead atoms. The fraction of sp³-hybridized carbons (Fsp3) is 0.0667. The van der Waals surface area contributed by atoms with Crippen molar-refractivity contribution >= 4 is 10.9 Å². The van der Waals surface area contributed by atoms with Gasteiger partial charge in [0, 0.05) is 29.8 Å². The number of nitriles is 1. The Morgan fingerprint density at radius 2 is 2.11 bits per heavy atom. The van der Waals surface area contributed by atoms with Crippen LogP contribution in [0.25, 0.3) is 10.9 Å². The molecular weight excluding hydrogens is 241 g/mol. The van der Waals surface area contributed by atoms with Gasteiger partial charge in [-0.05, 0) is 35.9 Å². The number of benzene rings is 1. The Hall–Kier alpha value is -2.67. The van der Waals surface area contributed by atoms with Crippen LogP contribution in [-0.4, -0.2) is 9.55 Å². The molecule has 0 aliphatic carbocycles. The summed E-state index contributed by atoms with van der Waals surface area (Å²) < 4.78 is 15.1. The molecule has 0 saturated carbocycles. The second kappa shape index (κ2) is 4.54. The minimum atomic E-state index is -0.333. The van der Waals surface area contributed by atoms with Gasteiger partial charge in [0.15, 0.2) is 0 Å². The zero-order valence-electron chi connectivity index (χ0n) is 10.0. The van der Waals surface area contributed by atoms with E-state index in [1.807, 2.05) is 29.0 Å². The van der Waals surface area contributed by atoms with E-state index in [-0.39, 0.29) is 5.82 Å². The molecule has 92 valence electrons. The molecule has 0 atom stereocenters. The summed E-state index contributed by atoms with van der Waals surface area (Å²) in [6.07, 6.45) is 4.77. The molecule has 3 rings (SSSR count). The molecule has 2 aromatic heterocycles. The van der Waals surface area contributed by atoms with E-state index in [9.17, 15) is 4.39 Å². The minimum absolute atomic E-state index is 0.333. The predicted octanol–water partition coefficient (Wildman–Crippen LogP) is 3.10. The fourth-order valence-electron chi connectivity index (χ4n) is 2.15. The molecular formula is C15H10FN3. The Bertz CT molecular complexity index is 783. The molecule has 0 amide bonds. The molecule has 0 aliphatic rings. The maximum Gasteiger partial charge on any atom is 0.141 e. The van der Waals surface area contributed by atoms with Crippen molar-refractivity contribution in [1.29, 1.82) is 5.26 Å². The number of hydrogen-bond acceptors (Lipinski definition) is 2. The van der Waals surface area contributed by atoms with Crippen LogP contribution in [0.4, 0.5) is 4.39 Å². The van der Waals surface area contributed by atoms with Crippen molar-refractivity contribution < 1.29 is 4.39 Å². The molecule has 0 unspecified atom stereocenters. The second-order valence-electron chi connectivity index (χ2n) is 4.34. The van der Waals surface area contributed by atoms with Gasteiger partial charge in [-0.1, -0.05) is 0 Å². The number of hydrogen-bond donors (Lipinski definition) is 0. The Labute approximate surface area is 109 Å². The SMILES string of the molecule is N#Cc1ccc2c(ccn2Cc2cncc(F)c2)c1. The van der Waals surface area contributed by atoms with Gasteiger partial charge in [0.25, 0.3) is 0 Å². The molecule has 0 saturated heterocycles. The van der Waals surface area contributed by atoms with Crippen molar-refractivity contribution in [3.63, 3.8) is 0 Å². The van der Waals surface area contributed by atoms with Gasteiger partial charge in [0.05, 0.1) is 17.8 Å². The van der Waals surface area contributed by atoms with Gasteiger partial charge in [0.2, 0.25) is 0 Å². The highest BCUT2D eigenvalue weighted by atomic mass is 19.1. The molecule has 4 heteroatoms. The van der Waals surface area contributed by atoms with E-state index in [0.717, 1.165) is 16.5 Å². The van der Waals surface area contributed by atoms with E-state index in [2.05, 4.69) is 11.1 Å². The van der Waals surface area contributed by atoms with Gasteiger partial charge in [-0.15, -0.1) is 0 Å². The van der Waals surface area contributed by atoms with Crippen molar-refractivity contribution in [2.45, 2.75) is 6.54 Å². The summed E-state index contributed by atoms with van der Waals surface area (Å²) in [6, 6.07) is 11.1. The molecule has 3 nitrogen and oxygen atoms in total. The molecule has 1 aromatic carbocycles. The highest BCUT2D eigenvalue weighted by molar-refractivity contribution is 5.81. The molecule has 0 radical (unpaired) electrons. The molecule has 19 heavy (non-hydrogen) atoms. The monoisotopic (exact) mass is 251 g/mol. The van der Waals surface area contributed by atoms with E-state index in [4.69, 9.17) is 5.26 Å². The van der Waals surface area contributed by atoms with Crippen LogP contribution < -0.4 is 0 Å². The molecule has 0 N–H and O–H groups in total. The van der Waals surface area contributed by atoms with Crippen LogP contribution in [0.5, 0.6) is 0 Å². The van der Waals surface area contributed by atoms with Gasteiger partial charge < -0.3 is 4.57 Å². The summed E-state index contributed by atoms with van der Waals surface area (Å²) in [5, 5.41) is 9.87. The van der Waals surface area contributed by atoms with E-state index < -0.39 is 0 Å². The van der Waals surface area contributed by atoms with E-state index in [1.165, 1.54) is 12.3 Å². The van der Waals surface area contributed by atoms with Gasteiger partial charge in [0.1, 0.15) is 5.82 Å². The van der Waals surface area contributed by atoms with Crippen LogP contribution in [0.1, 0.15) is 11.1 Å². The number of pyridine rings is 1. The lowest BCUT2D eigenvalue weighted by molar-refractivity contribution is 0.617. The molecule has 0 spiro atoms. The summed E-state index contributed by atoms with van der Waals surface area (Å²) in [4.78, 5) is 3.84. The highest BCUT2D eigenvalue weighted by Gasteiger charge is 2.04.